The summed E-state index contributed by atoms with van der Waals surface area (Å²) >= 11 is 0. The molecule has 4 heterocycles. The number of hydrogen-bond acceptors (Lipinski definition) is 10. The molecule has 0 atom stereocenters. The Morgan fingerprint density at radius 3 is 2.13 bits per heavy atom. The standard InChI is InChI=1S/C21H28N8O2/c1-3-22-16(2)15-23-18-6-4-5-17(24-18)19-25-20(28-7-11-30-12-8-28)27-21(26-19)29-9-13-31-14-10-29/h3-6,15H,7-14H2,1-2H3,(H,23,24)/b16-15-,22-3?. The summed E-state index contributed by atoms with van der Waals surface area (Å²) in [7, 11) is 0. The highest BCUT2D eigenvalue weighted by molar-refractivity contribution is 5.58. The van der Waals surface area contributed by atoms with Gasteiger partial charge in [-0.3, -0.25) is 4.99 Å². The first kappa shape index (κ1) is 21.1. The number of ether oxygens (including phenoxy) is 2. The Kier molecular flexibility index (Phi) is 7.00. The molecule has 0 bridgehead atoms. The lowest BCUT2D eigenvalue weighted by Crippen LogP contribution is -2.40. The molecule has 0 amide bonds. The molecular formula is C21H28N8O2. The minimum Gasteiger partial charge on any atom is -0.378 e. The van der Waals surface area contributed by atoms with Crippen molar-refractivity contribution in [2.75, 3.05) is 67.7 Å². The van der Waals surface area contributed by atoms with Crippen molar-refractivity contribution in [1.29, 1.82) is 0 Å². The minimum absolute atomic E-state index is 0.550. The Morgan fingerprint density at radius 1 is 0.935 bits per heavy atom. The van der Waals surface area contributed by atoms with Crippen LogP contribution in [0.2, 0.25) is 0 Å². The Balaban J connectivity index is 1.66. The van der Waals surface area contributed by atoms with Crippen LogP contribution in [-0.4, -0.2) is 78.8 Å². The second kappa shape index (κ2) is 10.3. The van der Waals surface area contributed by atoms with E-state index in [0.717, 1.165) is 31.9 Å². The predicted octanol–water partition coefficient (Wildman–Crippen LogP) is 1.97. The molecule has 31 heavy (non-hydrogen) atoms. The quantitative estimate of drug-likeness (QED) is 0.698. The highest BCUT2D eigenvalue weighted by Crippen LogP contribution is 2.22. The summed E-state index contributed by atoms with van der Waals surface area (Å²) < 4.78 is 11.0. The molecule has 2 aromatic heterocycles. The molecule has 0 aliphatic carbocycles. The molecule has 4 rings (SSSR count). The molecule has 2 fully saturated rings. The van der Waals surface area contributed by atoms with Gasteiger partial charge in [0.05, 0.1) is 32.1 Å². The fourth-order valence-corrected chi connectivity index (χ4v) is 3.34. The maximum absolute atomic E-state index is 5.49. The first-order valence-corrected chi connectivity index (χ1v) is 10.5. The number of nitrogens with zero attached hydrogens (tertiary/aromatic N) is 7. The fraction of sp³-hybridized carbons (Fsp3) is 0.476. The zero-order chi connectivity index (χ0) is 21.5. The summed E-state index contributed by atoms with van der Waals surface area (Å²) in [6.45, 7) is 9.48. The summed E-state index contributed by atoms with van der Waals surface area (Å²) in [5.74, 6) is 2.56. The van der Waals surface area contributed by atoms with Gasteiger partial charge in [-0.1, -0.05) is 6.07 Å². The zero-order valence-corrected chi connectivity index (χ0v) is 18.0. The zero-order valence-electron chi connectivity index (χ0n) is 18.0. The van der Waals surface area contributed by atoms with Crippen LogP contribution in [0.15, 0.2) is 35.1 Å². The van der Waals surface area contributed by atoms with Crippen LogP contribution >= 0.6 is 0 Å². The Hall–Kier alpha value is -3.11. The van der Waals surface area contributed by atoms with Gasteiger partial charge < -0.3 is 24.6 Å². The van der Waals surface area contributed by atoms with Gasteiger partial charge in [-0.2, -0.15) is 15.0 Å². The van der Waals surface area contributed by atoms with E-state index in [1.807, 2.05) is 38.2 Å². The van der Waals surface area contributed by atoms with E-state index in [-0.39, 0.29) is 0 Å². The number of allylic oxidation sites excluding steroid dienone is 1. The molecule has 2 aromatic rings. The number of aromatic nitrogens is 4. The van der Waals surface area contributed by atoms with Gasteiger partial charge in [0.15, 0.2) is 5.82 Å². The van der Waals surface area contributed by atoms with Crippen LogP contribution in [0.3, 0.4) is 0 Å². The number of nitrogens with one attached hydrogen (secondary N) is 1. The third-order valence-corrected chi connectivity index (χ3v) is 4.94. The van der Waals surface area contributed by atoms with Crippen molar-refractivity contribution in [1.82, 2.24) is 19.9 Å². The molecule has 0 saturated carbocycles. The van der Waals surface area contributed by atoms with E-state index >= 15 is 0 Å². The number of anilines is 3. The third-order valence-electron chi connectivity index (χ3n) is 4.94. The Bertz CT molecular complexity index is 900. The summed E-state index contributed by atoms with van der Waals surface area (Å²) in [6.07, 6.45) is 3.57. The van der Waals surface area contributed by atoms with E-state index in [1.165, 1.54) is 0 Å². The van der Waals surface area contributed by atoms with Crippen LogP contribution in [0.4, 0.5) is 17.7 Å². The SMILES string of the molecule is CC=N/C(C)=C\Nc1cccc(-c2nc(N3CCOCC3)nc(N3CCOCC3)n2)n1. The second-order valence-electron chi connectivity index (χ2n) is 7.18. The Morgan fingerprint density at radius 2 is 1.55 bits per heavy atom. The topological polar surface area (TPSA) is 101 Å². The van der Waals surface area contributed by atoms with Crippen LogP contribution < -0.4 is 15.1 Å². The van der Waals surface area contributed by atoms with E-state index < -0.39 is 0 Å². The van der Waals surface area contributed by atoms with Crippen LogP contribution in [-0.2, 0) is 9.47 Å². The van der Waals surface area contributed by atoms with Gasteiger partial charge in [-0.25, -0.2) is 4.98 Å². The molecule has 0 spiro atoms. The maximum Gasteiger partial charge on any atom is 0.230 e. The van der Waals surface area contributed by atoms with E-state index in [0.29, 0.717) is 55.7 Å². The average molecular weight is 425 g/mol. The first-order chi connectivity index (χ1) is 15.2. The second-order valence-corrected chi connectivity index (χ2v) is 7.18. The average Bonchev–Trinajstić information content (AvgIpc) is 2.84. The highest BCUT2D eigenvalue weighted by atomic mass is 16.5. The lowest BCUT2D eigenvalue weighted by molar-refractivity contribution is 0.121. The van der Waals surface area contributed by atoms with Crippen LogP contribution in [0.25, 0.3) is 11.5 Å². The molecule has 10 nitrogen and oxygen atoms in total. The van der Waals surface area contributed by atoms with Crippen LogP contribution in [0, 0.1) is 0 Å². The van der Waals surface area contributed by atoms with E-state index in [2.05, 4.69) is 20.1 Å². The minimum atomic E-state index is 0.550. The summed E-state index contributed by atoms with van der Waals surface area (Å²) in [5, 5.41) is 3.18. The van der Waals surface area contributed by atoms with Crippen LogP contribution in [0.5, 0.6) is 0 Å². The third kappa shape index (κ3) is 5.53. The van der Waals surface area contributed by atoms with E-state index in [9.17, 15) is 0 Å². The van der Waals surface area contributed by atoms with Crippen molar-refractivity contribution < 1.29 is 9.47 Å². The largest absolute Gasteiger partial charge is 0.378 e. The molecule has 2 aliphatic rings. The molecule has 10 heteroatoms. The molecule has 0 unspecified atom stereocenters. The normalized spacial score (nSPS) is 17.9. The number of aliphatic imine (C=N–C) groups is 1. The molecule has 2 saturated heterocycles. The number of rotatable bonds is 6. The van der Waals surface area contributed by atoms with Crippen molar-refractivity contribution in [3.8, 4) is 11.5 Å². The van der Waals surface area contributed by atoms with Gasteiger partial charge in [-0.15, -0.1) is 0 Å². The first-order valence-electron chi connectivity index (χ1n) is 10.5. The van der Waals surface area contributed by atoms with Crippen molar-refractivity contribution in [2.45, 2.75) is 13.8 Å². The summed E-state index contributed by atoms with van der Waals surface area (Å²) in [4.78, 5) is 27.5. The van der Waals surface area contributed by atoms with E-state index in [1.54, 1.807) is 6.21 Å². The molecule has 0 radical (unpaired) electrons. The van der Waals surface area contributed by atoms with Crippen molar-refractivity contribution in [3.05, 3.63) is 30.1 Å². The van der Waals surface area contributed by atoms with Gasteiger partial charge in [0.25, 0.3) is 0 Å². The van der Waals surface area contributed by atoms with Gasteiger partial charge >= 0.3 is 0 Å². The Labute approximate surface area is 182 Å². The fourth-order valence-electron chi connectivity index (χ4n) is 3.34. The van der Waals surface area contributed by atoms with Crippen molar-refractivity contribution in [2.24, 2.45) is 4.99 Å². The van der Waals surface area contributed by atoms with Crippen molar-refractivity contribution >= 4 is 23.9 Å². The maximum atomic E-state index is 5.49. The molecule has 164 valence electrons. The van der Waals surface area contributed by atoms with Crippen LogP contribution in [0.1, 0.15) is 13.8 Å². The molecule has 1 N–H and O–H groups in total. The lowest BCUT2D eigenvalue weighted by Gasteiger charge is -2.30. The van der Waals surface area contributed by atoms with Gasteiger partial charge in [0.1, 0.15) is 11.5 Å². The molecule has 2 aliphatic heterocycles. The lowest BCUT2D eigenvalue weighted by atomic mass is 10.3. The molecular weight excluding hydrogens is 396 g/mol. The highest BCUT2D eigenvalue weighted by Gasteiger charge is 2.21. The summed E-state index contributed by atoms with van der Waals surface area (Å²) in [5.41, 5.74) is 1.54. The smallest absolute Gasteiger partial charge is 0.230 e. The van der Waals surface area contributed by atoms with Gasteiger partial charge in [0.2, 0.25) is 11.9 Å². The van der Waals surface area contributed by atoms with Gasteiger partial charge in [0, 0.05) is 38.6 Å². The number of pyridine rings is 1. The summed E-state index contributed by atoms with van der Waals surface area (Å²) in [6, 6.07) is 5.74. The predicted molar refractivity (Wildman–Crippen MR) is 121 cm³/mol. The van der Waals surface area contributed by atoms with Crippen molar-refractivity contribution in [3.63, 3.8) is 0 Å². The number of hydrogen-bond donors (Lipinski definition) is 1. The molecule has 0 aromatic carbocycles. The van der Waals surface area contributed by atoms with E-state index in [4.69, 9.17) is 29.4 Å². The monoisotopic (exact) mass is 424 g/mol. The number of morpholine rings is 2. The van der Waals surface area contributed by atoms with Gasteiger partial charge in [-0.05, 0) is 26.0 Å².